The average Bonchev–Trinajstić information content (AvgIpc) is 3.07. The summed E-state index contributed by atoms with van der Waals surface area (Å²) in [5.41, 5.74) is 2.20. The van der Waals surface area contributed by atoms with Crippen LogP contribution in [0.2, 0.25) is 0 Å². The SMILES string of the molecule is Cc1ccc(-n2nc(C(=O)Nc3ccc(F)cc3)c3ncn(C)c(=O)c32)cc1. The monoisotopic (exact) mass is 377 g/mol. The van der Waals surface area contributed by atoms with Gasteiger partial charge in [0.25, 0.3) is 11.5 Å². The van der Waals surface area contributed by atoms with Crippen LogP contribution in [0.4, 0.5) is 10.1 Å². The van der Waals surface area contributed by atoms with Crippen LogP contribution in [-0.2, 0) is 7.05 Å². The van der Waals surface area contributed by atoms with E-state index in [9.17, 15) is 14.0 Å². The molecule has 0 radical (unpaired) electrons. The number of benzene rings is 2. The molecule has 28 heavy (non-hydrogen) atoms. The number of aromatic nitrogens is 4. The summed E-state index contributed by atoms with van der Waals surface area (Å²) in [5, 5.41) is 7.01. The molecule has 0 bridgehead atoms. The van der Waals surface area contributed by atoms with Crippen molar-refractivity contribution < 1.29 is 9.18 Å². The Balaban J connectivity index is 1.86. The summed E-state index contributed by atoms with van der Waals surface area (Å²) in [5.74, 6) is -0.944. The summed E-state index contributed by atoms with van der Waals surface area (Å²) >= 11 is 0. The smallest absolute Gasteiger partial charge is 0.279 e. The van der Waals surface area contributed by atoms with E-state index in [0.717, 1.165) is 5.56 Å². The summed E-state index contributed by atoms with van der Waals surface area (Å²) in [6.07, 6.45) is 1.35. The molecule has 0 saturated carbocycles. The standard InChI is InChI=1S/C20H16FN5O2/c1-12-3-9-15(10-4-12)26-18-16(22-11-25(2)20(18)28)17(24-26)19(27)23-14-7-5-13(21)6-8-14/h3-11H,1-2H3,(H,23,27). The quantitative estimate of drug-likeness (QED) is 0.595. The van der Waals surface area contributed by atoms with Crippen LogP contribution in [-0.4, -0.2) is 25.2 Å². The normalized spacial score (nSPS) is 11.0. The molecule has 0 spiro atoms. The number of carbonyl (C=O) groups excluding carboxylic acids is 1. The number of nitrogens with one attached hydrogen (secondary N) is 1. The van der Waals surface area contributed by atoms with Gasteiger partial charge in [0.2, 0.25) is 0 Å². The van der Waals surface area contributed by atoms with Gasteiger partial charge in [-0.25, -0.2) is 14.1 Å². The topological polar surface area (TPSA) is 81.8 Å². The molecule has 140 valence electrons. The van der Waals surface area contributed by atoms with E-state index >= 15 is 0 Å². The Hall–Kier alpha value is -3.81. The molecule has 7 nitrogen and oxygen atoms in total. The summed E-state index contributed by atoms with van der Waals surface area (Å²) < 4.78 is 15.8. The summed E-state index contributed by atoms with van der Waals surface area (Å²) in [7, 11) is 1.58. The van der Waals surface area contributed by atoms with Crippen molar-refractivity contribution in [1.82, 2.24) is 19.3 Å². The van der Waals surface area contributed by atoms with Crippen molar-refractivity contribution in [2.45, 2.75) is 6.92 Å². The molecule has 1 amide bonds. The Morgan fingerprint density at radius 2 is 1.75 bits per heavy atom. The fraction of sp³-hybridized carbons (Fsp3) is 0.100. The first-order valence-corrected chi connectivity index (χ1v) is 8.52. The van der Waals surface area contributed by atoms with Gasteiger partial charge >= 0.3 is 0 Å². The fourth-order valence-electron chi connectivity index (χ4n) is 2.84. The molecule has 0 aliphatic carbocycles. The van der Waals surface area contributed by atoms with Gasteiger partial charge in [-0.1, -0.05) is 17.7 Å². The Labute approximate surface area is 159 Å². The molecule has 0 aliphatic rings. The lowest BCUT2D eigenvalue weighted by molar-refractivity contribution is 0.102. The second-order valence-electron chi connectivity index (χ2n) is 6.41. The van der Waals surface area contributed by atoms with E-state index in [1.165, 1.54) is 39.8 Å². The molecule has 2 aromatic heterocycles. The van der Waals surface area contributed by atoms with Crippen LogP contribution in [0.3, 0.4) is 0 Å². The molecule has 0 atom stereocenters. The molecular formula is C20H16FN5O2. The van der Waals surface area contributed by atoms with E-state index in [-0.39, 0.29) is 22.3 Å². The third-order valence-electron chi connectivity index (χ3n) is 4.34. The lowest BCUT2D eigenvalue weighted by Gasteiger charge is -2.04. The minimum Gasteiger partial charge on any atom is -0.321 e. The first kappa shape index (κ1) is 17.6. The van der Waals surface area contributed by atoms with Gasteiger partial charge in [-0.15, -0.1) is 0 Å². The Bertz CT molecular complexity index is 1240. The van der Waals surface area contributed by atoms with Gasteiger partial charge in [0.1, 0.15) is 11.3 Å². The molecule has 1 N–H and O–H groups in total. The first-order valence-electron chi connectivity index (χ1n) is 8.52. The molecular weight excluding hydrogens is 361 g/mol. The van der Waals surface area contributed by atoms with Gasteiger partial charge < -0.3 is 9.88 Å². The highest BCUT2D eigenvalue weighted by Crippen LogP contribution is 2.19. The number of hydrogen-bond donors (Lipinski definition) is 1. The Morgan fingerprint density at radius 3 is 2.43 bits per heavy atom. The first-order chi connectivity index (χ1) is 13.4. The number of hydrogen-bond acceptors (Lipinski definition) is 4. The van der Waals surface area contributed by atoms with Crippen molar-refractivity contribution in [2.75, 3.05) is 5.32 Å². The van der Waals surface area contributed by atoms with Gasteiger partial charge in [0.05, 0.1) is 12.0 Å². The summed E-state index contributed by atoms with van der Waals surface area (Å²) in [6, 6.07) is 12.8. The highest BCUT2D eigenvalue weighted by Gasteiger charge is 2.22. The van der Waals surface area contributed by atoms with Gasteiger partial charge in [-0.05, 0) is 43.3 Å². The van der Waals surface area contributed by atoms with E-state index in [1.807, 2.05) is 31.2 Å². The van der Waals surface area contributed by atoms with Crippen molar-refractivity contribution in [3.8, 4) is 5.69 Å². The minimum absolute atomic E-state index is 0.0117. The van der Waals surface area contributed by atoms with Gasteiger partial charge in [-0.3, -0.25) is 9.59 Å². The van der Waals surface area contributed by atoms with Crippen LogP contribution in [0.1, 0.15) is 16.1 Å². The molecule has 4 rings (SSSR count). The fourth-order valence-corrected chi connectivity index (χ4v) is 2.84. The van der Waals surface area contributed by atoms with Crippen LogP contribution in [0, 0.1) is 12.7 Å². The lowest BCUT2D eigenvalue weighted by atomic mass is 10.2. The maximum absolute atomic E-state index is 13.1. The number of aryl methyl sites for hydroxylation is 2. The highest BCUT2D eigenvalue weighted by molar-refractivity contribution is 6.10. The third-order valence-corrected chi connectivity index (χ3v) is 4.34. The predicted octanol–water partition coefficient (Wildman–Crippen LogP) is 2.82. The van der Waals surface area contributed by atoms with Crippen molar-refractivity contribution >= 4 is 22.6 Å². The van der Waals surface area contributed by atoms with Crippen LogP contribution in [0.25, 0.3) is 16.7 Å². The zero-order chi connectivity index (χ0) is 19.8. The maximum Gasteiger partial charge on any atom is 0.279 e. The molecule has 0 fully saturated rings. The zero-order valence-electron chi connectivity index (χ0n) is 15.2. The molecule has 8 heteroatoms. The number of fused-ring (bicyclic) bond motifs is 1. The summed E-state index contributed by atoms with van der Waals surface area (Å²) in [4.78, 5) is 29.7. The molecule has 2 heterocycles. The Kier molecular flexibility index (Phi) is 4.23. The highest BCUT2D eigenvalue weighted by atomic mass is 19.1. The van der Waals surface area contributed by atoms with Crippen LogP contribution >= 0.6 is 0 Å². The van der Waals surface area contributed by atoms with E-state index < -0.39 is 11.7 Å². The number of anilines is 1. The maximum atomic E-state index is 13.1. The van der Waals surface area contributed by atoms with Crippen LogP contribution < -0.4 is 10.9 Å². The van der Waals surface area contributed by atoms with Crippen molar-refractivity contribution in [3.63, 3.8) is 0 Å². The van der Waals surface area contributed by atoms with Gasteiger partial charge in [0, 0.05) is 12.7 Å². The predicted molar refractivity (Wildman–Crippen MR) is 103 cm³/mol. The average molecular weight is 377 g/mol. The third kappa shape index (κ3) is 3.05. The van der Waals surface area contributed by atoms with Crippen molar-refractivity contribution in [3.05, 3.63) is 82.3 Å². The molecule has 0 unspecified atom stereocenters. The second-order valence-corrected chi connectivity index (χ2v) is 6.41. The lowest BCUT2D eigenvalue weighted by Crippen LogP contribution is -2.19. The van der Waals surface area contributed by atoms with Gasteiger partial charge in [-0.2, -0.15) is 5.10 Å². The van der Waals surface area contributed by atoms with E-state index in [2.05, 4.69) is 15.4 Å². The summed E-state index contributed by atoms with van der Waals surface area (Å²) in [6.45, 7) is 1.95. The van der Waals surface area contributed by atoms with E-state index in [0.29, 0.717) is 11.4 Å². The molecule has 2 aromatic carbocycles. The Morgan fingerprint density at radius 1 is 1.07 bits per heavy atom. The zero-order valence-corrected chi connectivity index (χ0v) is 15.2. The van der Waals surface area contributed by atoms with Crippen LogP contribution in [0.5, 0.6) is 0 Å². The van der Waals surface area contributed by atoms with E-state index in [1.54, 1.807) is 7.05 Å². The largest absolute Gasteiger partial charge is 0.321 e. The number of carbonyl (C=O) groups is 1. The van der Waals surface area contributed by atoms with Crippen molar-refractivity contribution in [2.24, 2.45) is 7.05 Å². The van der Waals surface area contributed by atoms with Gasteiger partial charge in [0.15, 0.2) is 11.2 Å². The molecule has 4 aromatic rings. The molecule has 0 aliphatic heterocycles. The molecule has 0 saturated heterocycles. The number of amides is 1. The number of rotatable bonds is 3. The number of nitrogens with zero attached hydrogens (tertiary/aromatic N) is 4. The van der Waals surface area contributed by atoms with E-state index in [4.69, 9.17) is 0 Å². The number of halogens is 1. The van der Waals surface area contributed by atoms with Crippen LogP contribution in [0.15, 0.2) is 59.7 Å². The second kappa shape index (κ2) is 6.73. The van der Waals surface area contributed by atoms with Crippen molar-refractivity contribution in [1.29, 1.82) is 0 Å². The minimum atomic E-state index is -0.539.